The van der Waals surface area contributed by atoms with Gasteiger partial charge in [-0.15, -0.1) is 0 Å². The van der Waals surface area contributed by atoms with Crippen LogP contribution in [-0.4, -0.2) is 62.0 Å². The van der Waals surface area contributed by atoms with Gasteiger partial charge in [0.1, 0.15) is 5.60 Å². The standard InChI is InChI=1S/C15H31N3O3/c1-15(2,3)21-14(19)17-10-12(9-16)18(4)11-13-7-5-6-8-20-13/h12-13H,5-11,16H2,1-4H3,(H,17,19). The zero-order valence-corrected chi connectivity index (χ0v) is 13.9. The lowest BCUT2D eigenvalue weighted by atomic mass is 10.1. The average Bonchev–Trinajstić information content (AvgIpc) is 2.38. The molecular formula is C15H31N3O3. The first-order valence-electron chi connectivity index (χ1n) is 7.80. The van der Waals surface area contributed by atoms with Crippen molar-refractivity contribution < 1.29 is 14.3 Å². The number of alkyl carbamates (subject to hydrolysis) is 1. The molecular weight excluding hydrogens is 270 g/mol. The molecule has 3 N–H and O–H groups in total. The molecule has 1 heterocycles. The molecule has 1 aliphatic rings. The fraction of sp³-hybridized carbons (Fsp3) is 0.933. The number of hydrogen-bond acceptors (Lipinski definition) is 5. The van der Waals surface area contributed by atoms with Gasteiger partial charge in [-0.05, 0) is 47.1 Å². The zero-order valence-electron chi connectivity index (χ0n) is 13.9. The Morgan fingerprint density at radius 2 is 2.19 bits per heavy atom. The molecule has 0 aromatic heterocycles. The molecule has 6 nitrogen and oxygen atoms in total. The van der Waals surface area contributed by atoms with Crippen LogP contribution in [0.1, 0.15) is 40.0 Å². The summed E-state index contributed by atoms with van der Waals surface area (Å²) in [5.41, 5.74) is 5.34. The van der Waals surface area contributed by atoms with E-state index in [4.69, 9.17) is 15.2 Å². The van der Waals surface area contributed by atoms with Crippen LogP contribution in [0.15, 0.2) is 0 Å². The van der Waals surface area contributed by atoms with E-state index in [1.807, 2.05) is 27.8 Å². The maximum Gasteiger partial charge on any atom is 0.407 e. The number of nitrogens with one attached hydrogen (secondary N) is 1. The summed E-state index contributed by atoms with van der Waals surface area (Å²) < 4.78 is 11.0. The molecule has 0 aromatic rings. The minimum atomic E-state index is -0.482. The van der Waals surface area contributed by atoms with Gasteiger partial charge in [-0.3, -0.25) is 4.90 Å². The van der Waals surface area contributed by atoms with Crippen molar-refractivity contribution in [2.45, 2.75) is 57.8 Å². The van der Waals surface area contributed by atoms with Crippen LogP contribution < -0.4 is 11.1 Å². The number of rotatable bonds is 6. The van der Waals surface area contributed by atoms with E-state index < -0.39 is 11.7 Å². The van der Waals surface area contributed by atoms with E-state index in [0.29, 0.717) is 13.1 Å². The van der Waals surface area contributed by atoms with Gasteiger partial charge in [-0.1, -0.05) is 0 Å². The molecule has 6 heteroatoms. The Hall–Kier alpha value is -0.850. The Labute approximate surface area is 128 Å². The van der Waals surface area contributed by atoms with E-state index in [0.717, 1.165) is 26.0 Å². The Morgan fingerprint density at radius 1 is 1.48 bits per heavy atom. The SMILES string of the molecule is CN(CC1CCCCO1)C(CN)CNC(=O)OC(C)(C)C. The number of nitrogens with two attached hydrogens (primary N) is 1. The monoisotopic (exact) mass is 301 g/mol. The van der Waals surface area contributed by atoms with Gasteiger partial charge >= 0.3 is 6.09 Å². The van der Waals surface area contributed by atoms with Crippen LogP contribution in [0.5, 0.6) is 0 Å². The van der Waals surface area contributed by atoms with Gasteiger partial charge in [0.05, 0.1) is 6.10 Å². The summed E-state index contributed by atoms with van der Waals surface area (Å²) in [6, 6.07) is 0.0862. The van der Waals surface area contributed by atoms with Crippen molar-refractivity contribution in [2.75, 3.05) is 33.3 Å². The lowest BCUT2D eigenvalue weighted by molar-refractivity contribution is -0.00775. The third-order valence-corrected chi connectivity index (χ3v) is 3.54. The van der Waals surface area contributed by atoms with Crippen molar-refractivity contribution in [2.24, 2.45) is 5.73 Å². The molecule has 0 aromatic carbocycles. The molecule has 1 aliphatic heterocycles. The van der Waals surface area contributed by atoms with Crippen LogP contribution >= 0.6 is 0 Å². The normalized spacial score (nSPS) is 21.1. The van der Waals surface area contributed by atoms with Crippen LogP contribution in [0, 0.1) is 0 Å². The Balaban J connectivity index is 2.33. The first-order valence-corrected chi connectivity index (χ1v) is 7.80. The average molecular weight is 301 g/mol. The fourth-order valence-corrected chi connectivity index (χ4v) is 2.36. The number of hydrogen-bond donors (Lipinski definition) is 2. The third-order valence-electron chi connectivity index (χ3n) is 3.54. The second-order valence-electron chi connectivity index (χ2n) is 6.70. The summed E-state index contributed by atoms with van der Waals surface area (Å²) in [5.74, 6) is 0. The van der Waals surface area contributed by atoms with Crippen molar-refractivity contribution in [3.8, 4) is 0 Å². The van der Waals surface area contributed by atoms with Crippen LogP contribution in [0.3, 0.4) is 0 Å². The van der Waals surface area contributed by atoms with Crippen molar-refractivity contribution in [1.82, 2.24) is 10.2 Å². The summed E-state index contributed by atoms with van der Waals surface area (Å²) in [5, 5.41) is 2.78. The summed E-state index contributed by atoms with van der Waals surface area (Å²) in [6.07, 6.45) is 3.35. The first-order chi connectivity index (χ1) is 9.81. The van der Waals surface area contributed by atoms with E-state index in [2.05, 4.69) is 10.2 Å². The van der Waals surface area contributed by atoms with E-state index >= 15 is 0 Å². The molecule has 1 saturated heterocycles. The predicted octanol–water partition coefficient (Wildman–Crippen LogP) is 1.34. The van der Waals surface area contributed by atoms with Gasteiger partial charge in [-0.2, -0.15) is 0 Å². The summed E-state index contributed by atoms with van der Waals surface area (Å²) in [4.78, 5) is 13.8. The minimum Gasteiger partial charge on any atom is -0.444 e. The molecule has 0 radical (unpaired) electrons. The zero-order chi connectivity index (χ0) is 15.9. The maximum atomic E-state index is 11.7. The number of nitrogens with zero attached hydrogens (tertiary/aromatic N) is 1. The van der Waals surface area contributed by atoms with Crippen LogP contribution in [-0.2, 0) is 9.47 Å². The predicted molar refractivity (Wildman–Crippen MR) is 83.3 cm³/mol. The molecule has 2 unspecified atom stereocenters. The molecule has 0 saturated carbocycles. The number of carbonyl (C=O) groups excluding carboxylic acids is 1. The number of ether oxygens (including phenoxy) is 2. The second-order valence-corrected chi connectivity index (χ2v) is 6.70. The van der Waals surface area contributed by atoms with Crippen molar-refractivity contribution in [3.63, 3.8) is 0 Å². The molecule has 0 spiro atoms. The molecule has 1 fully saturated rings. The Morgan fingerprint density at radius 3 is 2.71 bits per heavy atom. The number of carbonyl (C=O) groups is 1. The summed E-state index contributed by atoms with van der Waals surface area (Å²) >= 11 is 0. The molecule has 21 heavy (non-hydrogen) atoms. The largest absolute Gasteiger partial charge is 0.444 e. The van der Waals surface area contributed by atoms with Crippen molar-refractivity contribution in [3.05, 3.63) is 0 Å². The van der Waals surface area contributed by atoms with Crippen molar-refractivity contribution >= 4 is 6.09 Å². The van der Waals surface area contributed by atoms with Gasteiger partial charge in [0.25, 0.3) is 0 Å². The smallest absolute Gasteiger partial charge is 0.407 e. The van der Waals surface area contributed by atoms with Gasteiger partial charge < -0.3 is 20.5 Å². The van der Waals surface area contributed by atoms with Gasteiger partial charge in [0, 0.05) is 32.3 Å². The van der Waals surface area contributed by atoms with E-state index in [-0.39, 0.29) is 12.1 Å². The van der Waals surface area contributed by atoms with Gasteiger partial charge in [0.2, 0.25) is 0 Å². The lowest BCUT2D eigenvalue weighted by Gasteiger charge is -2.32. The molecule has 0 aliphatic carbocycles. The Kier molecular flexibility index (Phi) is 7.42. The van der Waals surface area contributed by atoms with E-state index in [1.54, 1.807) is 0 Å². The number of likely N-dealkylation sites (N-methyl/N-ethyl adjacent to an activating group) is 1. The lowest BCUT2D eigenvalue weighted by Crippen LogP contribution is -2.49. The molecule has 1 rings (SSSR count). The highest BCUT2D eigenvalue weighted by molar-refractivity contribution is 5.67. The highest BCUT2D eigenvalue weighted by atomic mass is 16.6. The van der Waals surface area contributed by atoms with E-state index in [9.17, 15) is 4.79 Å². The summed E-state index contributed by atoms with van der Waals surface area (Å²) in [7, 11) is 2.02. The fourth-order valence-electron chi connectivity index (χ4n) is 2.36. The molecule has 1 amide bonds. The molecule has 2 atom stereocenters. The van der Waals surface area contributed by atoms with Crippen LogP contribution in [0.2, 0.25) is 0 Å². The van der Waals surface area contributed by atoms with Crippen molar-refractivity contribution in [1.29, 1.82) is 0 Å². The van der Waals surface area contributed by atoms with Crippen LogP contribution in [0.4, 0.5) is 4.79 Å². The highest BCUT2D eigenvalue weighted by Gasteiger charge is 2.22. The maximum absolute atomic E-state index is 11.7. The molecule has 124 valence electrons. The number of amides is 1. The highest BCUT2D eigenvalue weighted by Crippen LogP contribution is 2.14. The quantitative estimate of drug-likeness (QED) is 0.774. The topological polar surface area (TPSA) is 76.8 Å². The Bertz CT molecular complexity index is 312. The summed E-state index contributed by atoms with van der Waals surface area (Å²) in [6.45, 7) is 8.20. The van der Waals surface area contributed by atoms with E-state index in [1.165, 1.54) is 6.42 Å². The van der Waals surface area contributed by atoms with Crippen LogP contribution in [0.25, 0.3) is 0 Å². The first kappa shape index (κ1) is 18.2. The second kappa shape index (κ2) is 8.56. The van der Waals surface area contributed by atoms with Gasteiger partial charge in [0.15, 0.2) is 0 Å². The van der Waals surface area contributed by atoms with Gasteiger partial charge in [-0.25, -0.2) is 4.79 Å². The molecule has 0 bridgehead atoms. The third kappa shape index (κ3) is 7.64. The minimum absolute atomic E-state index is 0.0862.